The lowest BCUT2D eigenvalue weighted by Crippen LogP contribution is -2.42. The second-order valence-electron chi connectivity index (χ2n) is 8.22. The van der Waals surface area contributed by atoms with Crippen molar-refractivity contribution in [1.82, 2.24) is 25.9 Å². The Hall–Kier alpha value is -2.71. The first kappa shape index (κ1) is 32.3. The van der Waals surface area contributed by atoms with Crippen molar-refractivity contribution in [2.75, 3.05) is 65.8 Å². The molecular formula is C24H42N6O7. The molecule has 2 amide bonds. The maximum Gasteiger partial charge on any atom is 0.246 e. The van der Waals surface area contributed by atoms with Crippen LogP contribution in [-0.4, -0.2) is 105 Å². The summed E-state index contributed by atoms with van der Waals surface area (Å²) in [5, 5.41) is 8.44. The van der Waals surface area contributed by atoms with Crippen LogP contribution in [0.3, 0.4) is 0 Å². The molecule has 0 fully saturated rings. The lowest BCUT2D eigenvalue weighted by Gasteiger charge is -2.16. The molecule has 0 aliphatic rings. The summed E-state index contributed by atoms with van der Waals surface area (Å²) in [6.07, 6.45) is 6.05. The highest BCUT2D eigenvalue weighted by Crippen LogP contribution is 2.03. The molecule has 1 aromatic heterocycles. The third kappa shape index (κ3) is 17.4. The number of H-pyrrole nitrogens is 1. The summed E-state index contributed by atoms with van der Waals surface area (Å²) in [6.45, 7) is 4.00. The zero-order chi connectivity index (χ0) is 27.1. The minimum Gasteiger partial charge on any atom is -0.377 e. The predicted molar refractivity (Wildman–Crippen MR) is 136 cm³/mol. The first-order valence-corrected chi connectivity index (χ1v) is 12.7. The van der Waals surface area contributed by atoms with Crippen molar-refractivity contribution >= 4 is 23.4 Å². The van der Waals surface area contributed by atoms with Crippen LogP contribution in [0.5, 0.6) is 0 Å². The van der Waals surface area contributed by atoms with Gasteiger partial charge >= 0.3 is 0 Å². The van der Waals surface area contributed by atoms with Gasteiger partial charge in [0.05, 0.1) is 45.3 Å². The number of carbonyl (C=O) groups excluding carboxylic acids is 4. The summed E-state index contributed by atoms with van der Waals surface area (Å²) in [5.74, 6) is -0.567. The van der Waals surface area contributed by atoms with E-state index in [2.05, 4.69) is 25.9 Å². The Balaban J connectivity index is 2.04. The number of nitrogens with two attached hydrogens (primary N) is 1. The molecule has 13 nitrogen and oxygen atoms in total. The van der Waals surface area contributed by atoms with Crippen LogP contribution in [-0.2, 0) is 39.8 Å². The molecule has 210 valence electrons. The fourth-order valence-corrected chi connectivity index (χ4v) is 3.19. The second-order valence-corrected chi connectivity index (χ2v) is 8.22. The van der Waals surface area contributed by atoms with Crippen molar-refractivity contribution in [1.29, 1.82) is 0 Å². The topological polar surface area (TPSA) is 187 Å². The Kier molecular flexibility index (Phi) is 18.7. The summed E-state index contributed by atoms with van der Waals surface area (Å²) in [7, 11) is 0. The lowest BCUT2D eigenvalue weighted by molar-refractivity contribution is -0.127. The number of aryl methyl sites for hydroxylation is 1. The van der Waals surface area contributed by atoms with Gasteiger partial charge in [0.1, 0.15) is 19.0 Å². The molecule has 6 N–H and O–H groups in total. The van der Waals surface area contributed by atoms with Crippen LogP contribution >= 0.6 is 0 Å². The first-order valence-electron chi connectivity index (χ1n) is 12.7. The minimum absolute atomic E-state index is 0.00589. The number of unbranched alkanes of at least 4 members (excludes halogenated alkanes) is 1. The molecule has 0 aromatic carbocycles. The Bertz CT molecular complexity index is 776. The number of ether oxygens (including phenoxy) is 3. The monoisotopic (exact) mass is 526 g/mol. The summed E-state index contributed by atoms with van der Waals surface area (Å²) >= 11 is 0. The molecule has 13 heteroatoms. The molecular weight excluding hydrogens is 484 g/mol. The van der Waals surface area contributed by atoms with Crippen LogP contribution in [0.4, 0.5) is 0 Å². The predicted octanol–water partition coefficient (Wildman–Crippen LogP) is -1.13. The number of nitrogens with one attached hydrogen (secondary N) is 4. The molecule has 1 heterocycles. The van der Waals surface area contributed by atoms with Crippen molar-refractivity contribution in [3.63, 3.8) is 0 Å². The van der Waals surface area contributed by atoms with Gasteiger partial charge in [-0.25, -0.2) is 4.98 Å². The number of hydrogen-bond acceptors (Lipinski definition) is 10. The molecule has 0 saturated heterocycles. The Morgan fingerprint density at radius 3 is 2.43 bits per heavy atom. The van der Waals surface area contributed by atoms with E-state index < -0.39 is 6.04 Å². The fraction of sp³-hybridized carbons (Fsp3) is 0.708. The Morgan fingerprint density at radius 2 is 1.73 bits per heavy atom. The maximum absolute atomic E-state index is 12.1. The van der Waals surface area contributed by atoms with Crippen molar-refractivity contribution in [2.24, 2.45) is 5.73 Å². The number of carbonyl (C=O) groups is 4. The van der Waals surface area contributed by atoms with Crippen LogP contribution in [0.1, 0.15) is 38.3 Å². The lowest BCUT2D eigenvalue weighted by atomic mass is 10.0. The fourth-order valence-electron chi connectivity index (χ4n) is 3.19. The van der Waals surface area contributed by atoms with Gasteiger partial charge in [0.25, 0.3) is 0 Å². The zero-order valence-electron chi connectivity index (χ0n) is 21.7. The molecule has 0 unspecified atom stereocenters. The van der Waals surface area contributed by atoms with Crippen molar-refractivity contribution < 1.29 is 33.4 Å². The van der Waals surface area contributed by atoms with Crippen LogP contribution in [0.15, 0.2) is 12.5 Å². The normalized spacial score (nSPS) is 11.7. The highest BCUT2D eigenvalue weighted by Gasteiger charge is 2.17. The van der Waals surface area contributed by atoms with E-state index in [1.54, 1.807) is 12.5 Å². The molecule has 0 spiro atoms. The Morgan fingerprint density at radius 1 is 1.00 bits per heavy atom. The van der Waals surface area contributed by atoms with Crippen molar-refractivity contribution in [3.05, 3.63) is 18.2 Å². The van der Waals surface area contributed by atoms with Crippen LogP contribution < -0.4 is 21.7 Å². The summed E-state index contributed by atoms with van der Waals surface area (Å²) in [4.78, 5) is 54.3. The molecule has 0 bridgehead atoms. The van der Waals surface area contributed by atoms with Gasteiger partial charge in [-0.2, -0.15) is 0 Å². The number of nitrogens with zero attached hydrogens (tertiary/aromatic N) is 1. The van der Waals surface area contributed by atoms with Crippen LogP contribution in [0.25, 0.3) is 0 Å². The quantitative estimate of drug-likeness (QED) is 0.103. The zero-order valence-corrected chi connectivity index (χ0v) is 21.7. The molecule has 1 rings (SSSR count). The average Bonchev–Trinajstić information content (AvgIpc) is 3.42. The first-order chi connectivity index (χ1) is 18.0. The van der Waals surface area contributed by atoms with E-state index in [0.29, 0.717) is 65.0 Å². The highest BCUT2D eigenvalue weighted by atomic mass is 16.5. The van der Waals surface area contributed by atoms with E-state index in [1.807, 2.05) is 6.92 Å². The van der Waals surface area contributed by atoms with Gasteiger partial charge in [-0.1, -0.05) is 0 Å². The smallest absolute Gasteiger partial charge is 0.246 e. The molecule has 1 atom stereocenters. The van der Waals surface area contributed by atoms with Crippen molar-refractivity contribution in [2.45, 2.75) is 45.1 Å². The summed E-state index contributed by atoms with van der Waals surface area (Å²) in [5.41, 5.74) is 6.39. The van der Waals surface area contributed by atoms with Gasteiger partial charge in [-0.15, -0.1) is 0 Å². The van der Waals surface area contributed by atoms with E-state index in [4.69, 9.17) is 19.9 Å². The molecule has 0 aliphatic carbocycles. The number of Topliss-reactive ketones (excluding diaryl/α,β-unsaturated/α-hetero) is 2. The molecule has 0 saturated carbocycles. The summed E-state index contributed by atoms with van der Waals surface area (Å²) in [6, 6.07) is -0.488. The number of hydrogen-bond donors (Lipinski definition) is 5. The Labute approximate surface area is 218 Å². The van der Waals surface area contributed by atoms with Gasteiger partial charge < -0.3 is 40.9 Å². The van der Waals surface area contributed by atoms with Crippen LogP contribution in [0.2, 0.25) is 0 Å². The number of aromatic nitrogens is 2. The van der Waals surface area contributed by atoms with Gasteiger partial charge in [0.15, 0.2) is 5.78 Å². The number of ketones is 2. The highest BCUT2D eigenvalue weighted by molar-refractivity contribution is 5.87. The number of aromatic amines is 1. The SMILES string of the molecule is CCOCC(=O)NCCOCCOCC(=O)NCCCC[C@H](NCC(=O)CCc1cnc[nH]1)C(=O)CN. The van der Waals surface area contributed by atoms with Gasteiger partial charge in [-0.3, -0.25) is 19.2 Å². The standard InChI is InChI=1S/C24H42N6O7/c1-2-35-16-23(33)28-9-10-36-11-12-37-17-24(34)27-8-4-3-5-21(22(32)13-25)29-15-20(31)7-6-19-14-26-18-30-19/h14,18,21,29H,2-13,15-17,25H2,1H3,(H,26,30)(H,27,34)(H,28,33)/t21-/m0/s1. The van der Waals surface area contributed by atoms with E-state index in [-0.39, 0.29) is 56.3 Å². The molecule has 37 heavy (non-hydrogen) atoms. The van der Waals surface area contributed by atoms with E-state index in [1.165, 1.54) is 0 Å². The molecule has 1 aromatic rings. The molecule has 0 radical (unpaired) electrons. The maximum atomic E-state index is 12.1. The van der Waals surface area contributed by atoms with Gasteiger partial charge in [0, 0.05) is 38.0 Å². The van der Waals surface area contributed by atoms with Crippen molar-refractivity contribution in [3.8, 4) is 0 Å². The third-order valence-corrected chi connectivity index (χ3v) is 5.22. The number of amides is 2. The summed E-state index contributed by atoms with van der Waals surface area (Å²) < 4.78 is 15.6. The average molecular weight is 527 g/mol. The second kappa shape index (κ2) is 21.4. The van der Waals surface area contributed by atoms with E-state index in [0.717, 1.165) is 5.69 Å². The largest absolute Gasteiger partial charge is 0.377 e. The van der Waals surface area contributed by atoms with E-state index >= 15 is 0 Å². The van der Waals surface area contributed by atoms with Crippen LogP contribution in [0, 0.1) is 0 Å². The minimum atomic E-state index is -0.488. The van der Waals surface area contributed by atoms with Gasteiger partial charge in [0.2, 0.25) is 11.8 Å². The number of imidazole rings is 1. The third-order valence-electron chi connectivity index (χ3n) is 5.22. The van der Waals surface area contributed by atoms with E-state index in [9.17, 15) is 19.2 Å². The molecule has 0 aliphatic heterocycles. The van der Waals surface area contributed by atoms with Gasteiger partial charge in [-0.05, 0) is 32.6 Å². The number of rotatable bonds is 24.